The molecule has 15 heavy (non-hydrogen) atoms. The minimum Gasteiger partial charge on any atom is -0.337 e. The third-order valence-corrected chi connectivity index (χ3v) is 3.58. The lowest BCUT2D eigenvalue weighted by molar-refractivity contribution is -0.121. The van der Waals surface area contributed by atoms with Gasteiger partial charge >= 0.3 is 0 Å². The molecule has 4 heteroatoms. The Labute approximate surface area is 91.4 Å². The Balaban J connectivity index is 2.04. The molecule has 0 aliphatic carbocycles. The van der Waals surface area contributed by atoms with E-state index in [-0.39, 0.29) is 17.6 Å². The molecule has 0 bridgehead atoms. The molecule has 1 atom stereocenters. The summed E-state index contributed by atoms with van der Waals surface area (Å²) in [5.41, 5.74) is -0.113. The molecule has 2 rings (SSSR count). The van der Waals surface area contributed by atoms with Gasteiger partial charge in [-0.2, -0.15) is 0 Å². The second-order valence-electron chi connectivity index (χ2n) is 5.24. The van der Waals surface area contributed by atoms with Crippen molar-refractivity contribution in [2.24, 2.45) is 5.92 Å². The van der Waals surface area contributed by atoms with E-state index in [0.29, 0.717) is 5.92 Å². The first kappa shape index (κ1) is 10.9. The molecule has 2 fully saturated rings. The van der Waals surface area contributed by atoms with Gasteiger partial charge in [0.25, 0.3) is 0 Å². The number of piperidine rings is 1. The molecule has 86 valence electrons. The normalized spacial score (nSPS) is 31.2. The summed E-state index contributed by atoms with van der Waals surface area (Å²) in [5, 5.41) is 6.63. The number of amides is 1. The molecular weight excluding hydrogens is 190 g/mol. The molecule has 2 heterocycles. The molecule has 0 saturated carbocycles. The van der Waals surface area contributed by atoms with Crippen LogP contribution in [0.2, 0.25) is 0 Å². The molecule has 0 radical (unpaired) electrons. The zero-order valence-corrected chi connectivity index (χ0v) is 9.84. The van der Waals surface area contributed by atoms with E-state index in [0.717, 1.165) is 25.9 Å². The van der Waals surface area contributed by atoms with Gasteiger partial charge in [-0.25, -0.2) is 0 Å². The predicted molar refractivity (Wildman–Crippen MR) is 59.4 cm³/mol. The van der Waals surface area contributed by atoms with Crippen molar-refractivity contribution in [3.63, 3.8) is 0 Å². The van der Waals surface area contributed by atoms with Gasteiger partial charge in [-0.3, -0.25) is 10.1 Å². The molecule has 2 N–H and O–H groups in total. The molecule has 0 aromatic carbocycles. The fraction of sp³-hybridized carbons (Fsp3) is 0.909. The third-order valence-electron chi connectivity index (χ3n) is 3.58. The highest BCUT2D eigenvalue weighted by Gasteiger charge is 2.45. The van der Waals surface area contributed by atoms with Gasteiger partial charge in [-0.05, 0) is 25.8 Å². The number of hydrogen-bond donors (Lipinski definition) is 2. The van der Waals surface area contributed by atoms with Crippen LogP contribution >= 0.6 is 0 Å². The number of hydrogen-bond acceptors (Lipinski definition) is 3. The fourth-order valence-electron chi connectivity index (χ4n) is 2.45. The van der Waals surface area contributed by atoms with Gasteiger partial charge in [0, 0.05) is 13.1 Å². The van der Waals surface area contributed by atoms with E-state index in [9.17, 15) is 4.79 Å². The van der Waals surface area contributed by atoms with Crippen LogP contribution in [0, 0.1) is 5.92 Å². The SMILES string of the molecule is CC(C)C1NC2(CCN(C)CC2)NC1=O. The summed E-state index contributed by atoms with van der Waals surface area (Å²) < 4.78 is 0. The zero-order valence-electron chi connectivity index (χ0n) is 9.84. The first-order valence-corrected chi connectivity index (χ1v) is 5.81. The van der Waals surface area contributed by atoms with Crippen LogP contribution in [-0.4, -0.2) is 42.6 Å². The molecule has 2 saturated heterocycles. The Morgan fingerprint density at radius 3 is 2.47 bits per heavy atom. The molecule has 0 aromatic rings. The van der Waals surface area contributed by atoms with Crippen LogP contribution in [0.5, 0.6) is 0 Å². The van der Waals surface area contributed by atoms with Crippen molar-refractivity contribution >= 4 is 5.91 Å². The maximum absolute atomic E-state index is 11.8. The summed E-state index contributed by atoms with van der Waals surface area (Å²) >= 11 is 0. The first-order valence-electron chi connectivity index (χ1n) is 5.81. The van der Waals surface area contributed by atoms with E-state index in [1.807, 2.05) is 0 Å². The summed E-state index contributed by atoms with van der Waals surface area (Å²) in [6, 6.07) is -0.00611. The van der Waals surface area contributed by atoms with Crippen LogP contribution in [0.3, 0.4) is 0 Å². The van der Waals surface area contributed by atoms with Crippen LogP contribution in [0.15, 0.2) is 0 Å². The second-order valence-corrected chi connectivity index (χ2v) is 5.24. The van der Waals surface area contributed by atoms with E-state index >= 15 is 0 Å². The average Bonchev–Trinajstić information content (AvgIpc) is 2.50. The van der Waals surface area contributed by atoms with Gasteiger partial charge in [-0.15, -0.1) is 0 Å². The lowest BCUT2D eigenvalue weighted by atomic mass is 9.97. The third kappa shape index (κ3) is 2.01. The number of nitrogens with zero attached hydrogens (tertiary/aromatic N) is 1. The van der Waals surface area contributed by atoms with Gasteiger partial charge in [0.2, 0.25) is 5.91 Å². The molecule has 1 amide bonds. The highest BCUT2D eigenvalue weighted by molar-refractivity contribution is 5.85. The van der Waals surface area contributed by atoms with Crippen molar-refractivity contribution in [1.29, 1.82) is 0 Å². The largest absolute Gasteiger partial charge is 0.337 e. The molecule has 2 aliphatic rings. The van der Waals surface area contributed by atoms with Crippen molar-refractivity contribution in [3.8, 4) is 0 Å². The van der Waals surface area contributed by atoms with Crippen molar-refractivity contribution in [3.05, 3.63) is 0 Å². The van der Waals surface area contributed by atoms with Gasteiger partial charge in [0.15, 0.2) is 0 Å². The quantitative estimate of drug-likeness (QED) is 0.649. The highest BCUT2D eigenvalue weighted by atomic mass is 16.2. The lowest BCUT2D eigenvalue weighted by Crippen LogP contribution is -2.57. The maximum Gasteiger partial charge on any atom is 0.238 e. The summed E-state index contributed by atoms with van der Waals surface area (Å²) in [6.07, 6.45) is 2.02. The maximum atomic E-state index is 11.8. The summed E-state index contributed by atoms with van der Waals surface area (Å²) in [6.45, 7) is 6.28. The minimum absolute atomic E-state index is 0.00611. The number of rotatable bonds is 1. The van der Waals surface area contributed by atoms with E-state index < -0.39 is 0 Å². The Hall–Kier alpha value is -0.610. The van der Waals surface area contributed by atoms with Gasteiger partial charge in [0.05, 0.1) is 11.7 Å². The molecular formula is C11H21N3O. The second kappa shape index (κ2) is 3.76. The van der Waals surface area contributed by atoms with Crippen molar-refractivity contribution < 1.29 is 4.79 Å². The Kier molecular flexibility index (Phi) is 2.73. The van der Waals surface area contributed by atoms with Gasteiger partial charge in [-0.1, -0.05) is 13.8 Å². The van der Waals surface area contributed by atoms with Gasteiger partial charge < -0.3 is 10.2 Å². The number of carbonyl (C=O) groups excluding carboxylic acids is 1. The zero-order chi connectivity index (χ0) is 11.1. The van der Waals surface area contributed by atoms with E-state index in [4.69, 9.17) is 0 Å². The Bertz CT molecular complexity index is 257. The molecule has 0 aromatic heterocycles. The van der Waals surface area contributed by atoms with Crippen molar-refractivity contribution in [2.75, 3.05) is 20.1 Å². The summed E-state index contributed by atoms with van der Waals surface area (Å²) in [4.78, 5) is 14.1. The smallest absolute Gasteiger partial charge is 0.238 e. The number of likely N-dealkylation sites (tertiary alicyclic amines) is 1. The fourth-order valence-corrected chi connectivity index (χ4v) is 2.45. The summed E-state index contributed by atoms with van der Waals surface area (Å²) in [5.74, 6) is 0.540. The lowest BCUT2D eigenvalue weighted by Gasteiger charge is -2.38. The topological polar surface area (TPSA) is 44.4 Å². The average molecular weight is 211 g/mol. The van der Waals surface area contributed by atoms with E-state index in [2.05, 4.69) is 36.4 Å². The van der Waals surface area contributed by atoms with E-state index in [1.54, 1.807) is 0 Å². The highest BCUT2D eigenvalue weighted by Crippen LogP contribution is 2.25. The van der Waals surface area contributed by atoms with Crippen LogP contribution in [0.4, 0.5) is 0 Å². The molecule has 1 unspecified atom stereocenters. The Morgan fingerprint density at radius 1 is 1.40 bits per heavy atom. The molecule has 2 aliphatic heterocycles. The van der Waals surface area contributed by atoms with Gasteiger partial charge in [0.1, 0.15) is 0 Å². The molecule has 1 spiro atoms. The van der Waals surface area contributed by atoms with Crippen LogP contribution in [0.25, 0.3) is 0 Å². The predicted octanol–water partition coefficient (Wildman–Crippen LogP) is 0.152. The number of nitrogens with one attached hydrogen (secondary N) is 2. The standard InChI is InChI=1S/C11H21N3O/c1-8(2)9-10(15)13-11(12-9)4-6-14(3)7-5-11/h8-9,12H,4-7H2,1-3H3,(H,13,15). The molecule has 4 nitrogen and oxygen atoms in total. The van der Waals surface area contributed by atoms with Crippen LogP contribution in [-0.2, 0) is 4.79 Å². The van der Waals surface area contributed by atoms with Crippen LogP contribution < -0.4 is 10.6 Å². The monoisotopic (exact) mass is 211 g/mol. The summed E-state index contributed by atoms with van der Waals surface area (Å²) in [7, 11) is 2.13. The van der Waals surface area contributed by atoms with E-state index in [1.165, 1.54) is 0 Å². The van der Waals surface area contributed by atoms with Crippen molar-refractivity contribution in [1.82, 2.24) is 15.5 Å². The minimum atomic E-state index is -0.113. The van der Waals surface area contributed by atoms with Crippen LogP contribution in [0.1, 0.15) is 26.7 Å². The number of carbonyl (C=O) groups is 1. The Morgan fingerprint density at radius 2 is 2.00 bits per heavy atom. The van der Waals surface area contributed by atoms with Crippen molar-refractivity contribution in [2.45, 2.75) is 38.4 Å². The first-order chi connectivity index (χ1) is 7.02.